The highest BCUT2D eigenvalue weighted by Crippen LogP contribution is 2.03. The maximum Gasteiger partial charge on any atom is 0.172 e. The van der Waals surface area contributed by atoms with Gasteiger partial charge in [0, 0.05) is 19.8 Å². The molecule has 0 aromatic heterocycles. The molecular weight excluding hydrogens is 216 g/mol. The fourth-order valence-corrected chi connectivity index (χ4v) is 1.13. The van der Waals surface area contributed by atoms with E-state index in [9.17, 15) is 0 Å². The van der Waals surface area contributed by atoms with Crippen molar-refractivity contribution >= 4 is 23.0 Å². The molecule has 0 aliphatic carbocycles. The van der Waals surface area contributed by atoms with Gasteiger partial charge in [-0.25, -0.2) is 0 Å². The summed E-state index contributed by atoms with van der Waals surface area (Å²) in [6, 6.07) is 17.8. The molecule has 2 nitrogen and oxygen atoms in total. The molecule has 0 heterocycles. The van der Waals surface area contributed by atoms with Crippen LogP contribution in [0.5, 0.6) is 0 Å². The van der Waals surface area contributed by atoms with Crippen LogP contribution in [-0.2, 0) is 0 Å². The molecule has 0 saturated heterocycles. The minimum Gasteiger partial charge on any atom is -0.355 e. The molecule has 0 spiro atoms. The van der Waals surface area contributed by atoms with Crippen molar-refractivity contribution in [2.75, 3.05) is 19.4 Å². The molecule has 16 heavy (non-hydrogen) atoms. The first kappa shape index (κ1) is 12.5. The summed E-state index contributed by atoms with van der Waals surface area (Å²) in [6.45, 7) is 0. The molecule has 0 aliphatic heterocycles. The van der Waals surface area contributed by atoms with Gasteiger partial charge in [0.15, 0.2) is 5.11 Å². The SMILES string of the molecule is CN(C)C(=S)Nc1ccccccccc1. The first-order chi connectivity index (χ1) is 7.70. The molecule has 1 N–H and O–H groups in total. The van der Waals surface area contributed by atoms with Crippen LogP contribution < -0.4 is 5.32 Å². The zero-order valence-corrected chi connectivity index (χ0v) is 10.4. The molecular formula is C13H16N2S. The molecule has 0 fully saturated rings. The van der Waals surface area contributed by atoms with Crippen LogP contribution >= 0.6 is 12.2 Å². The maximum absolute atomic E-state index is 5.18. The molecule has 0 unspecified atom stereocenters. The zero-order valence-electron chi connectivity index (χ0n) is 9.55. The van der Waals surface area contributed by atoms with Gasteiger partial charge in [-0.05, 0) is 24.4 Å². The van der Waals surface area contributed by atoms with Gasteiger partial charge in [0.25, 0.3) is 0 Å². The lowest BCUT2D eigenvalue weighted by atomic mass is 10.3. The number of hydrogen-bond donors (Lipinski definition) is 1. The third-order valence-electron chi connectivity index (χ3n) is 1.88. The lowest BCUT2D eigenvalue weighted by Crippen LogP contribution is -2.26. The Morgan fingerprint density at radius 3 is 1.81 bits per heavy atom. The Labute approximate surface area is 102 Å². The quantitative estimate of drug-likeness (QED) is 0.749. The molecule has 0 atom stereocenters. The number of nitrogens with zero attached hydrogens (tertiary/aromatic N) is 1. The lowest BCUT2D eigenvalue weighted by Gasteiger charge is -2.14. The fraction of sp³-hybridized carbons (Fsp3) is 0.154. The van der Waals surface area contributed by atoms with Gasteiger partial charge in [0.1, 0.15) is 0 Å². The second-order valence-corrected chi connectivity index (χ2v) is 3.85. The summed E-state index contributed by atoms with van der Waals surface area (Å²) < 4.78 is 0. The van der Waals surface area contributed by atoms with Crippen molar-refractivity contribution < 1.29 is 0 Å². The summed E-state index contributed by atoms with van der Waals surface area (Å²) in [5.41, 5.74) is 0.968. The van der Waals surface area contributed by atoms with Crippen molar-refractivity contribution in [1.29, 1.82) is 0 Å². The van der Waals surface area contributed by atoms with Gasteiger partial charge in [-0.15, -0.1) is 0 Å². The van der Waals surface area contributed by atoms with Crippen molar-refractivity contribution in [2.24, 2.45) is 0 Å². The molecule has 0 saturated carbocycles. The summed E-state index contributed by atoms with van der Waals surface area (Å²) in [6.07, 6.45) is 0. The van der Waals surface area contributed by atoms with Gasteiger partial charge in [-0.3, -0.25) is 0 Å². The highest BCUT2D eigenvalue weighted by atomic mass is 32.1. The van der Waals surface area contributed by atoms with Gasteiger partial charge >= 0.3 is 0 Å². The van der Waals surface area contributed by atoms with Gasteiger partial charge < -0.3 is 10.2 Å². The van der Waals surface area contributed by atoms with Crippen LogP contribution in [0.3, 0.4) is 0 Å². The summed E-state index contributed by atoms with van der Waals surface area (Å²) in [5.74, 6) is 0. The van der Waals surface area contributed by atoms with E-state index in [-0.39, 0.29) is 0 Å². The Balaban J connectivity index is 2.92. The van der Waals surface area contributed by atoms with E-state index in [1.807, 2.05) is 73.6 Å². The van der Waals surface area contributed by atoms with Crippen molar-refractivity contribution in [3.8, 4) is 0 Å². The number of anilines is 1. The second kappa shape index (κ2) is 6.80. The molecule has 1 aromatic carbocycles. The van der Waals surface area contributed by atoms with E-state index in [0.29, 0.717) is 5.11 Å². The first-order valence-electron chi connectivity index (χ1n) is 5.07. The first-order valence-corrected chi connectivity index (χ1v) is 5.47. The predicted octanol–water partition coefficient (Wildman–Crippen LogP) is 3.07. The van der Waals surface area contributed by atoms with Crippen LogP contribution in [0, 0.1) is 0 Å². The van der Waals surface area contributed by atoms with E-state index in [1.54, 1.807) is 0 Å². The monoisotopic (exact) mass is 232 g/mol. The smallest absolute Gasteiger partial charge is 0.172 e. The highest BCUT2D eigenvalue weighted by Gasteiger charge is 1.96. The second-order valence-electron chi connectivity index (χ2n) is 3.46. The van der Waals surface area contributed by atoms with E-state index >= 15 is 0 Å². The molecule has 0 bridgehead atoms. The minimum atomic E-state index is 0.695. The third kappa shape index (κ3) is 4.75. The average Bonchev–Trinajstić information content (AvgIpc) is 2.27. The summed E-state index contributed by atoms with van der Waals surface area (Å²) in [4.78, 5) is 1.86. The number of hydrogen-bond acceptors (Lipinski definition) is 1. The summed E-state index contributed by atoms with van der Waals surface area (Å²) in [7, 11) is 3.83. The van der Waals surface area contributed by atoms with Crippen molar-refractivity contribution in [3.05, 3.63) is 54.6 Å². The zero-order chi connectivity index (χ0) is 11.8. The number of nitrogens with one attached hydrogen (secondary N) is 1. The molecule has 0 aliphatic rings. The summed E-state index contributed by atoms with van der Waals surface area (Å²) in [5, 5.41) is 3.85. The van der Waals surface area contributed by atoms with Crippen LogP contribution in [0.15, 0.2) is 54.6 Å². The topological polar surface area (TPSA) is 15.3 Å². The van der Waals surface area contributed by atoms with Crippen LogP contribution in [0.1, 0.15) is 0 Å². The van der Waals surface area contributed by atoms with E-state index in [4.69, 9.17) is 12.2 Å². The minimum absolute atomic E-state index is 0.695. The van der Waals surface area contributed by atoms with Crippen LogP contribution in [-0.4, -0.2) is 24.1 Å². The fourth-order valence-electron chi connectivity index (χ4n) is 1.01. The highest BCUT2D eigenvalue weighted by molar-refractivity contribution is 7.80. The Morgan fingerprint density at radius 2 is 1.38 bits per heavy atom. The maximum atomic E-state index is 5.18. The van der Waals surface area contributed by atoms with E-state index in [1.165, 1.54) is 0 Å². The Morgan fingerprint density at radius 1 is 0.938 bits per heavy atom. The van der Waals surface area contributed by atoms with Crippen LogP contribution in [0.2, 0.25) is 0 Å². The normalized spacial score (nSPS) is 8.88. The number of rotatable bonds is 1. The predicted molar refractivity (Wildman–Crippen MR) is 74.0 cm³/mol. The Hall–Kier alpha value is -1.61. The average molecular weight is 232 g/mol. The lowest BCUT2D eigenvalue weighted by molar-refractivity contribution is 0.634. The molecule has 0 amide bonds. The van der Waals surface area contributed by atoms with E-state index < -0.39 is 0 Å². The van der Waals surface area contributed by atoms with Crippen molar-refractivity contribution in [3.63, 3.8) is 0 Å². The van der Waals surface area contributed by atoms with Crippen LogP contribution in [0.4, 0.5) is 5.69 Å². The van der Waals surface area contributed by atoms with Crippen molar-refractivity contribution in [2.45, 2.75) is 0 Å². The van der Waals surface area contributed by atoms with Crippen molar-refractivity contribution in [1.82, 2.24) is 4.90 Å². The molecule has 1 aromatic rings. The molecule has 0 radical (unpaired) electrons. The van der Waals surface area contributed by atoms with Crippen LogP contribution in [0.25, 0.3) is 0 Å². The molecule has 1 rings (SSSR count). The number of thiocarbonyl (C=S) groups is 1. The van der Waals surface area contributed by atoms with Gasteiger partial charge in [0.2, 0.25) is 0 Å². The summed E-state index contributed by atoms with van der Waals surface area (Å²) >= 11 is 5.18. The van der Waals surface area contributed by atoms with E-state index in [2.05, 4.69) is 5.32 Å². The van der Waals surface area contributed by atoms with Gasteiger partial charge in [-0.1, -0.05) is 42.5 Å². The Kier molecular flexibility index (Phi) is 5.29. The molecule has 84 valence electrons. The van der Waals surface area contributed by atoms with Gasteiger partial charge in [-0.2, -0.15) is 0 Å². The molecule has 3 heteroatoms. The third-order valence-corrected chi connectivity index (χ3v) is 2.34. The standard InChI is InChI=1S/C13H16N2S/c1-15(2)13(16)14-12-10-8-6-4-3-5-7-9-11-12/h3-11H,1-2H3,(H,14,16). The Bertz CT molecular complexity index is 376. The van der Waals surface area contributed by atoms with Gasteiger partial charge in [0.05, 0.1) is 0 Å². The van der Waals surface area contributed by atoms with E-state index in [0.717, 1.165) is 5.69 Å². The largest absolute Gasteiger partial charge is 0.355 e.